The van der Waals surface area contributed by atoms with Crippen molar-refractivity contribution in [3.8, 4) is 11.5 Å². The van der Waals surface area contributed by atoms with Gasteiger partial charge in [0.25, 0.3) is 5.91 Å². The molecule has 5 aromatic rings. The van der Waals surface area contributed by atoms with Crippen LogP contribution in [0.3, 0.4) is 0 Å². The van der Waals surface area contributed by atoms with E-state index < -0.39 is 0 Å². The summed E-state index contributed by atoms with van der Waals surface area (Å²) in [7, 11) is 0. The minimum atomic E-state index is -0.245. The number of hydrogen-bond donors (Lipinski definition) is 1. The van der Waals surface area contributed by atoms with Crippen molar-refractivity contribution >= 4 is 22.6 Å². The normalized spacial score (nSPS) is 11.2. The average Bonchev–Trinajstić information content (AvgIpc) is 3.37. The van der Waals surface area contributed by atoms with Crippen molar-refractivity contribution in [3.63, 3.8) is 0 Å². The Morgan fingerprint density at radius 1 is 0.882 bits per heavy atom. The maximum absolute atomic E-state index is 13.2. The first-order chi connectivity index (χ1) is 16.3. The molecule has 3 heterocycles. The summed E-state index contributed by atoms with van der Waals surface area (Å²) in [6, 6.07) is 17.9. The highest BCUT2D eigenvalue weighted by atomic mass is 16.1. The van der Waals surface area contributed by atoms with Gasteiger partial charge in [-0.15, -0.1) is 0 Å². The summed E-state index contributed by atoms with van der Waals surface area (Å²) in [4.78, 5) is 18.1. The summed E-state index contributed by atoms with van der Waals surface area (Å²) in [5.41, 5.74) is 7.31. The molecule has 0 unspecified atom stereocenters. The smallest absolute Gasteiger partial charge is 0.260 e. The van der Waals surface area contributed by atoms with Crippen LogP contribution in [0.15, 0.2) is 60.8 Å². The molecule has 7 heteroatoms. The average molecular weight is 451 g/mol. The third-order valence-electron chi connectivity index (χ3n) is 5.99. The number of pyridine rings is 1. The number of hydrogen-bond acceptors (Lipinski definition) is 4. The second-order valence-electron chi connectivity index (χ2n) is 8.70. The first-order valence-corrected chi connectivity index (χ1v) is 11.2. The number of fused-ring (bicyclic) bond motifs is 1. The number of aromatic nitrogens is 5. The zero-order valence-electron chi connectivity index (χ0n) is 19.9. The number of anilines is 1. The van der Waals surface area contributed by atoms with Gasteiger partial charge in [-0.1, -0.05) is 29.8 Å². The number of carbonyl (C=O) groups is 1. The van der Waals surface area contributed by atoms with Crippen molar-refractivity contribution in [2.75, 3.05) is 5.32 Å². The Morgan fingerprint density at radius 2 is 1.65 bits per heavy atom. The van der Waals surface area contributed by atoms with Gasteiger partial charge in [0.05, 0.1) is 34.4 Å². The van der Waals surface area contributed by atoms with Crippen molar-refractivity contribution in [1.29, 1.82) is 0 Å². The van der Waals surface area contributed by atoms with Gasteiger partial charge in [0, 0.05) is 11.5 Å². The maximum atomic E-state index is 13.2. The van der Waals surface area contributed by atoms with Crippen molar-refractivity contribution < 1.29 is 4.79 Å². The molecule has 0 aliphatic heterocycles. The number of para-hydroxylation sites is 1. The van der Waals surface area contributed by atoms with E-state index in [4.69, 9.17) is 4.98 Å². The van der Waals surface area contributed by atoms with E-state index in [1.807, 2.05) is 56.3 Å². The van der Waals surface area contributed by atoms with E-state index in [0.29, 0.717) is 17.2 Å². The molecule has 0 aliphatic carbocycles. The summed E-state index contributed by atoms with van der Waals surface area (Å²) in [5, 5.41) is 13.2. The molecule has 1 amide bonds. The molecule has 7 nitrogen and oxygen atoms in total. The summed E-state index contributed by atoms with van der Waals surface area (Å²) in [5.74, 6) is 0.979. The van der Waals surface area contributed by atoms with Gasteiger partial charge in [0.2, 0.25) is 0 Å². The van der Waals surface area contributed by atoms with Crippen LogP contribution in [0, 0.1) is 34.6 Å². The minimum Gasteiger partial charge on any atom is -0.306 e. The SMILES string of the molecule is Cc1cc(C)c2nc(-n3nc(C)cc3NC(=O)c3cnn(-c4ccccc4)c3C)cc(C)c2c1. The number of rotatable bonds is 4. The lowest BCUT2D eigenvalue weighted by atomic mass is 10.0. The molecule has 34 heavy (non-hydrogen) atoms. The molecular formula is C27H26N6O. The van der Waals surface area contributed by atoms with E-state index in [0.717, 1.165) is 39.1 Å². The Balaban J connectivity index is 1.52. The van der Waals surface area contributed by atoms with Gasteiger partial charge in [-0.3, -0.25) is 4.79 Å². The van der Waals surface area contributed by atoms with E-state index in [-0.39, 0.29) is 5.91 Å². The van der Waals surface area contributed by atoms with Gasteiger partial charge in [-0.05, 0) is 70.0 Å². The number of nitrogens with zero attached hydrogens (tertiary/aromatic N) is 5. The molecule has 2 aromatic carbocycles. The fourth-order valence-electron chi connectivity index (χ4n) is 4.34. The van der Waals surface area contributed by atoms with Gasteiger partial charge >= 0.3 is 0 Å². The monoisotopic (exact) mass is 450 g/mol. The van der Waals surface area contributed by atoms with E-state index >= 15 is 0 Å². The predicted molar refractivity (Wildman–Crippen MR) is 134 cm³/mol. The lowest BCUT2D eigenvalue weighted by Crippen LogP contribution is -2.16. The molecule has 170 valence electrons. The molecule has 0 fully saturated rings. The molecule has 0 saturated carbocycles. The summed E-state index contributed by atoms with van der Waals surface area (Å²) in [6.45, 7) is 10.0. The Hall–Kier alpha value is -4.26. The highest BCUT2D eigenvalue weighted by Crippen LogP contribution is 2.26. The second kappa shape index (κ2) is 8.26. The summed E-state index contributed by atoms with van der Waals surface area (Å²) >= 11 is 0. The third kappa shape index (κ3) is 3.75. The quantitative estimate of drug-likeness (QED) is 0.398. The van der Waals surface area contributed by atoms with Crippen LogP contribution < -0.4 is 5.32 Å². The molecule has 0 radical (unpaired) electrons. The zero-order valence-corrected chi connectivity index (χ0v) is 19.9. The highest BCUT2D eigenvalue weighted by molar-refractivity contribution is 6.04. The maximum Gasteiger partial charge on any atom is 0.260 e. The topological polar surface area (TPSA) is 77.6 Å². The largest absolute Gasteiger partial charge is 0.306 e. The molecule has 1 N–H and O–H groups in total. The van der Waals surface area contributed by atoms with E-state index in [9.17, 15) is 4.79 Å². The number of aryl methyl sites for hydroxylation is 4. The molecule has 0 aliphatic rings. The van der Waals surface area contributed by atoms with Crippen molar-refractivity contribution in [1.82, 2.24) is 24.5 Å². The Labute approximate surface area is 198 Å². The number of benzene rings is 2. The number of amides is 1. The Morgan fingerprint density at radius 3 is 2.41 bits per heavy atom. The number of carbonyl (C=O) groups excluding carboxylic acids is 1. The van der Waals surface area contributed by atoms with Crippen LogP contribution in [0.4, 0.5) is 5.82 Å². The lowest BCUT2D eigenvalue weighted by molar-refractivity contribution is 0.102. The molecule has 5 rings (SSSR count). The number of nitrogens with one attached hydrogen (secondary N) is 1. The fraction of sp³-hybridized carbons (Fsp3) is 0.185. The lowest BCUT2D eigenvalue weighted by Gasteiger charge is -2.12. The minimum absolute atomic E-state index is 0.245. The third-order valence-corrected chi connectivity index (χ3v) is 5.99. The molecule has 0 saturated heterocycles. The van der Waals surface area contributed by atoms with E-state index in [1.165, 1.54) is 5.56 Å². The summed E-state index contributed by atoms with van der Waals surface area (Å²) in [6.07, 6.45) is 1.59. The van der Waals surface area contributed by atoms with Crippen LogP contribution in [-0.2, 0) is 0 Å². The van der Waals surface area contributed by atoms with Crippen molar-refractivity contribution in [2.45, 2.75) is 34.6 Å². The first-order valence-electron chi connectivity index (χ1n) is 11.2. The Bertz CT molecular complexity index is 1540. The molecule has 0 atom stereocenters. The van der Waals surface area contributed by atoms with Crippen LogP contribution in [0.1, 0.15) is 38.4 Å². The molecule has 0 spiro atoms. The van der Waals surface area contributed by atoms with E-state index in [1.54, 1.807) is 15.6 Å². The zero-order chi connectivity index (χ0) is 24.0. The van der Waals surface area contributed by atoms with Gasteiger partial charge in [-0.2, -0.15) is 14.9 Å². The van der Waals surface area contributed by atoms with Crippen LogP contribution in [0.25, 0.3) is 22.4 Å². The predicted octanol–water partition coefficient (Wildman–Crippen LogP) is 5.40. The van der Waals surface area contributed by atoms with Crippen LogP contribution in [0.5, 0.6) is 0 Å². The van der Waals surface area contributed by atoms with Crippen molar-refractivity contribution in [2.24, 2.45) is 0 Å². The van der Waals surface area contributed by atoms with Crippen LogP contribution in [0.2, 0.25) is 0 Å². The standard InChI is InChI=1S/C27H26N6O/c1-16-11-18(3)26-22(12-16)17(2)13-24(29-26)33-25(14-19(4)31-33)30-27(34)23-15-28-32(20(23)5)21-9-7-6-8-10-21/h6-15H,1-5H3,(H,30,34). The van der Waals surface area contributed by atoms with Gasteiger partial charge in [0.1, 0.15) is 5.82 Å². The second-order valence-corrected chi connectivity index (χ2v) is 8.70. The van der Waals surface area contributed by atoms with Crippen LogP contribution >= 0.6 is 0 Å². The first kappa shape index (κ1) is 21.6. The van der Waals surface area contributed by atoms with E-state index in [2.05, 4.69) is 48.4 Å². The van der Waals surface area contributed by atoms with Gasteiger partial charge in [0.15, 0.2) is 5.82 Å². The fourth-order valence-corrected chi connectivity index (χ4v) is 4.34. The molecule has 3 aromatic heterocycles. The van der Waals surface area contributed by atoms with Crippen LogP contribution in [-0.4, -0.2) is 30.5 Å². The molecular weight excluding hydrogens is 424 g/mol. The van der Waals surface area contributed by atoms with Gasteiger partial charge < -0.3 is 5.32 Å². The molecule has 0 bridgehead atoms. The summed E-state index contributed by atoms with van der Waals surface area (Å²) < 4.78 is 3.45. The highest BCUT2D eigenvalue weighted by Gasteiger charge is 2.19. The Kier molecular flexibility index (Phi) is 5.24. The van der Waals surface area contributed by atoms with Gasteiger partial charge in [-0.25, -0.2) is 9.67 Å². The van der Waals surface area contributed by atoms with Crippen molar-refractivity contribution in [3.05, 3.63) is 94.4 Å².